The van der Waals surface area contributed by atoms with Crippen LogP contribution >= 0.6 is 15.9 Å². The monoisotopic (exact) mass is 306 g/mol. The van der Waals surface area contributed by atoms with Crippen LogP contribution in [0.2, 0.25) is 0 Å². The predicted octanol–water partition coefficient (Wildman–Crippen LogP) is 4.44. The third kappa shape index (κ3) is 2.18. The molecule has 0 nitrogen and oxygen atoms in total. The summed E-state index contributed by atoms with van der Waals surface area (Å²) >= 11 is 2.91. The van der Waals surface area contributed by atoms with Gasteiger partial charge in [0.05, 0.1) is 0 Å². The Morgan fingerprint density at radius 2 is 1.38 bits per heavy atom. The lowest BCUT2D eigenvalue weighted by Gasteiger charge is -2.25. The van der Waals surface area contributed by atoms with Crippen molar-refractivity contribution >= 4 is 15.9 Å². The van der Waals surface area contributed by atoms with Crippen LogP contribution in [0.1, 0.15) is 5.56 Å². The average Bonchev–Trinajstić information content (AvgIpc) is 2.17. The Labute approximate surface area is 95.4 Å². The zero-order valence-electron chi connectivity index (χ0n) is 7.53. The molecule has 0 N–H and O–H groups in total. The molecule has 7 heteroatoms. The van der Waals surface area contributed by atoms with Crippen LogP contribution in [0.4, 0.5) is 26.3 Å². The second-order valence-corrected chi connectivity index (χ2v) is 3.92. The molecule has 0 fully saturated rings. The average molecular weight is 307 g/mol. The van der Waals surface area contributed by atoms with Gasteiger partial charge in [-0.05, 0) is 12.1 Å². The highest BCUT2D eigenvalue weighted by atomic mass is 79.9. The minimum atomic E-state index is -5.39. The summed E-state index contributed by atoms with van der Waals surface area (Å²) in [6, 6.07) is 3.48. The molecule has 0 heterocycles. The van der Waals surface area contributed by atoms with Gasteiger partial charge in [-0.15, -0.1) is 0 Å². The molecule has 0 aliphatic heterocycles. The number of benzene rings is 1. The summed E-state index contributed by atoms with van der Waals surface area (Å²) in [6.07, 6.45) is -4.42. The van der Waals surface area contributed by atoms with E-state index in [-0.39, 0.29) is 0 Å². The molecule has 0 aromatic heterocycles. The summed E-state index contributed by atoms with van der Waals surface area (Å²) in [6.45, 7) is 0. The molecular formula is C9H5BrF6. The van der Waals surface area contributed by atoms with Gasteiger partial charge < -0.3 is 0 Å². The topological polar surface area (TPSA) is 0 Å². The molecular weight excluding hydrogens is 302 g/mol. The maximum atomic E-state index is 13.1. The fourth-order valence-electron chi connectivity index (χ4n) is 0.989. The molecule has 1 rings (SSSR count). The first-order valence-electron chi connectivity index (χ1n) is 3.99. The Bertz CT molecular complexity index is 359. The van der Waals surface area contributed by atoms with Gasteiger partial charge in [-0.1, -0.05) is 28.1 Å². The molecule has 0 radical (unpaired) electrons. The molecule has 1 aromatic carbocycles. The van der Waals surface area contributed by atoms with Gasteiger partial charge in [-0.2, -0.15) is 17.6 Å². The van der Waals surface area contributed by atoms with E-state index < -0.39 is 23.8 Å². The minimum absolute atomic E-state index is 0.382. The zero-order valence-corrected chi connectivity index (χ0v) is 9.12. The van der Waals surface area contributed by atoms with Crippen molar-refractivity contribution < 1.29 is 26.3 Å². The molecule has 0 aliphatic rings. The fourth-order valence-corrected chi connectivity index (χ4v) is 1.25. The highest BCUT2D eigenvalue weighted by Crippen LogP contribution is 2.46. The quantitative estimate of drug-likeness (QED) is 0.724. The highest BCUT2D eigenvalue weighted by Gasteiger charge is 2.63. The van der Waals surface area contributed by atoms with Gasteiger partial charge in [0.25, 0.3) is 0 Å². The van der Waals surface area contributed by atoms with Gasteiger partial charge in [-0.3, -0.25) is 0 Å². The Morgan fingerprint density at radius 1 is 0.938 bits per heavy atom. The Kier molecular flexibility index (Phi) is 3.56. The van der Waals surface area contributed by atoms with E-state index in [1.807, 2.05) is 0 Å². The van der Waals surface area contributed by atoms with E-state index >= 15 is 0 Å². The maximum absolute atomic E-state index is 13.1. The minimum Gasteiger partial charge on any atom is -0.203 e. The molecule has 1 aromatic rings. The Morgan fingerprint density at radius 3 is 1.75 bits per heavy atom. The second-order valence-electron chi connectivity index (χ2n) is 3.00. The van der Waals surface area contributed by atoms with Crippen LogP contribution in [0, 0.1) is 0 Å². The lowest BCUT2D eigenvalue weighted by atomic mass is 10.0. The molecule has 0 aliphatic carbocycles. The SMILES string of the molecule is FC(F)C(F)(F)C(F)(F)c1ccc(Br)cc1. The van der Waals surface area contributed by atoms with E-state index in [0.29, 0.717) is 16.6 Å². The van der Waals surface area contributed by atoms with Crippen molar-refractivity contribution in [1.82, 2.24) is 0 Å². The molecule has 0 spiro atoms. The molecule has 16 heavy (non-hydrogen) atoms. The van der Waals surface area contributed by atoms with Crippen LogP contribution in [-0.4, -0.2) is 12.3 Å². The lowest BCUT2D eigenvalue weighted by molar-refractivity contribution is -0.270. The van der Waals surface area contributed by atoms with Crippen molar-refractivity contribution in [2.24, 2.45) is 0 Å². The van der Waals surface area contributed by atoms with E-state index in [1.165, 1.54) is 0 Å². The fraction of sp³-hybridized carbons (Fsp3) is 0.333. The van der Waals surface area contributed by atoms with Crippen LogP contribution < -0.4 is 0 Å². The largest absolute Gasteiger partial charge is 0.373 e. The summed E-state index contributed by atoms with van der Waals surface area (Å²) in [5.74, 6) is -10.3. The smallest absolute Gasteiger partial charge is 0.203 e. The lowest BCUT2D eigenvalue weighted by Crippen LogP contribution is -2.44. The molecule has 0 bridgehead atoms. The van der Waals surface area contributed by atoms with Crippen molar-refractivity contribution in [3.8, 4) is 0 Å². The summed E-state index contributed by atoms with van der Waals surface area (Å²) < 4.78 is 75.4. The van der Waals surface area contributed by atoms with Crippen LogP contribution in [0.25, 0.3) is 0 Å². The van der Waals surface area contributed by atoms with Crippen molar-refractivity contribution in [2.45, 2.75) is 18.3 Å². The van der Waals surface area contributed by atoms with Crippen molar-refractivity contribution in [3.63, 3.8) is 0 Å². The number of rotatable bonds is 3. The molecule has 0 saturated heterocycles. The van der Waals surface area contributed by atoms with Crippen molar-refractivity contribution in [1.29, 1.82) is 0 Å². The van der Waals surface area contributed by atoms with Crippen LogP contribution in [0.5, 0.6) is 0 Å². The Balaban J connectivity index is 3.15. The van der Waals surface area contributed by atoms with E-state index in [0.717, 1.165) is 12.1 Å². The molecule has 90 valence electrons. The predicted molar refractivity (Wildman–Crippen MR) is 49.0 cm³/mol. The van der Waals surface area contributed by atoms with Crippen LogP contribution in [-0.2, 0) is 5.92 Å². The first kappa shape index (κ1) is 13.3. The summed E-state index contributed by atoms with van der Waals surface area (Å²) in [5, 5.41) is 0. The standard InChI is InChI=1S/C9H5BrF6/c10-6-3-1-5(2-4-6)8(13,14)9(15,16)7(11)12/h1-4,7H. The number of alkyl halides is 6. The van der Waals surface area contributed by atoms with Gasteiger partial charge in [0.1, 0.15) is 0 Å². The van der Waals surface area contributed by atoms with Crippen molar-refractivity contribution in [3.05, 3.63) is 34.3 Å². The third-order valence-corrected chi connectivity index (χ3v) is 2.43. The van der Waals surface area contributed by atoms with Gasteiger partial charge in [0.15, 0.2) is 0 Å². The number of hydrogen-bond acceptors (Lipinski definition) is 0. The molecule has 0 atom stereocenters. The summed E-state index contributed by atoms with van der Waals surface area (Å²) in [7, 11) is 0. The first-order valence-corrected chi connectivity index (χ1v) is 4.78. The van der Waals surface area contributed by atoms with Crippen LogP contribution in [0.15, 0.2) is 28.7 Å². The molecule has 0 saturated carbocycles. The van der Waals surface area contributed by atoms with Gasteiger partial charge >= 0.3 is 18.3 Å². The number of hydrogen-bond donors (Lipinski definition) is 0. The molecule has 0 unspecified atom stereocenters. The van der Waals surface area contributed by atoms with E-state index in [4.69, 9.17) is 0 Å². The highest BCUT2D eigenvalue weighted by molar-refractivity contribution is 9.10. The summed E-state index contributed by atoms with van der Waals surface area (Å²) in [4.78, 5) is 0. The zero-order chi connectivity index (χ0) is 12.6. The Hall–Kier alpha value is -0.720. The summed E-state index contributed by atoms with van der Waals surface area (Å²) in [5.41, 5.74) is -1.15. The van der Waals surface area contributed by atoms with E-state index in [2.05, 4.69) is 15.9 Å². The third-order valence-electron chi connectivity index (χ3n) is 1.90. The van der Waals surface area contributed by atoms with Crippen LogP contribution in [0.3, 0.4) is 0 Å². The van der Waals surface area contributed by atoms with E-state index in [1.54, 1.807) is 0 Å². The van der Waals surface area contributed by atoms with Gasteiger partial charge in [-0.25, -0.2) is 8.78 Å². The van der Waals surface area contributed by atoms with Gasteiger partial charge in [0.2, 0.25) is 0 Å². The maximum Gasteiger partial charge on any atom is 0.373 e. The van der Waals surface area contributed by atoms with E-state index in [9.17, 15) is 26.3 Å². The molecule has 0 amide bonds. The number of halogens is 7. The van der Waals surface area contributed by atoms with Gasteiger partial charge in [0, 0.05) is 10.0 Å². The first-order chi connectivity index (χ1) is 7.19. The van der Waals surface area contributed by atoms with Crippen molar-refractivity contribution in [2.75, 3.05) is 0 Å². The second kappa shape index (κ2) is 4.27. The normalized spacial score (nSPS) is 13.2.